The van der Waals surface area contributed by atoms with Crippen LogP contribution in [-0.4, -0.2) is 31.9 Å². The first-order valence-corrected chi connectivity index (χ1v) is 5.41. The van der Waals surface area contributed by atoms with Gasteiger partial charge in [-0.25, -0.2) is 0 Å². The maximum Gasteiger partial charge on any atom is 0.327 e. The van der Waals surface area contributed by atoms with Gasteiger partial charge in [0.25, 0.3) is 0 Å². The highest BCUT2D eigenvalue weighted by atomic mass is 16.5. The number of ether oxygens (including phenoxy) is 2. The first-order valence-electron chi connectivity index (χ1n) is 5.41. The largest absolute Gasteiger partial charge is 0.468 e. The lowest BCUT2D eigenvalue weighted by Crippen LogP contribution is -2.34. The van der Waals surface area contributed by atoms with Crippen LogP contribution in [0.25, 0.3) is 0 Å². The third-order valence-corrected chi connectivity index (χ3v) is 2.32. The third kappa shape index (κ3) is 5.47. The standard InChI is InChI=1S/C12H20O5/c1-12(2,3)7-6-8(13)9(10(14)16-4)11(15)17-5/h9H,6-7H2,1-5H3. The molecule has 0 spiro atoms. The van der Waals surface area contributed by atoms with E-state index < -0.39 is 23.6 Å². The molecule has 0 amide bonds. The summed E-state index contributed by atoms with van der Waals surface area (Å²) in [6.45, 7) is 5.93. The second-order valence-corrected chi connectivity index (χ2v) is 5.01. The molecule has 0 radical (unpaired) electrons. The average Bonchev–Trinajstić information content (AvgIpc) is 2.25. The Labute approximate surface area is 101 Å². The molecule has 17 heavy (non-hydrogen) atoms. The van der Waals surface area contributed by atoms with Crippen molar-refractivity contribution >= 4 is 17.7 Å². The molecule has 0 aliphatic rings. The van der Waals surface area contributed by atoms with Crippen LogP contribution >= 0.6 is 0 Å². The van der Waals surface area contributed by atoms with E-state index in [1.54, 1.807) is 0 Å². The summed E-state index contributed by atoms with van der Waals surface area (Å²) in [6.07, 6.45) is 0.745. The van der Waals surface area contributed by atoms with Crippen molar-refractivity contribution in [2.45, 2.75) is 33.6 Å². The monoisotopic (exact) mass is 244 g/mol. The van der Waals surface area contributed by atoms with E-state index in [9.17, 15) is 14.4 Å². The SMILES string of the molecule is COC(=O)C(C(=O)CCC(C)(C)C)C(=O)OC. The van der Waals surface area contributed by atoms with E-state index in [1.807, 2.05) is 20.8 Å². The van der Waals surface area contributed by atoms with Gasteiger partial charge in [0.05, 0.1) is 14.2 Å². The van der Waals surface area contributed by atoms with Crippen LogP contribution in [0.3, 0.4) is 0 Å². The van der Waals surface area contributed by atoms with Crippen molar-refractivity contribution in [1.29, 1.82) is 0 Å². The molecule has 0 saturated heterocycles. The molecule has 0 aliphatic heterocycles. The Kier molecular flexibility index (Phi) is 5.85. The Hall–Kier alpha value is -1.39. The fourth-order valence-electron chi connectivity index (χ4n) is 1.24. The van der Waals surface area contributed by atoms with Crippen LogP contribution in [0, 0.1) is 11.3 Å². The van der Waals surface area contributed by atoms with Gasteiger partial charge >= 0.3 is 11.9 Å². The molecule has 0 aromatic rings. The molecule has 0 atom stereocenters. The van der Waals surface area contributed by atoms with Crippen molar-refractivity contribution in [2.75, 3.05) is 14.2 Å². The fourth-order valence-corrected chi connectivity index (χ4v) is 1.24. The first-order chi connectivity index (χ1) is 7.72. The summed E-state index contributed by atoms with van der Waals surface area (Å²) in [4.78, 5) is 34.5. The maximum absolute atomic E-state index is 11.8. The molecular weight excluding hydrogens is 224 g/mol. The molecular formula is C12H20O5. The maximum atomic E-state index is 11.8. The molecule has 98 valence electrons. The van der Waals surface area contributed by atoms with E-state index in [2.05, 4.69) is 9.47 Å². The molecule has 0 heterocycles. The minimum atomic E-state index is -1.45. The number of hydrogen-bond donors (Lipinski definition) is 0. The van der Waals surface area contributed by atoms with Crippen molar-refractivity contribution in [1.82, 2.24) is 0 Å². The molecule has 0 saturated carbocycles. The predicted octanol–water partition coefficient (Wildman–Crippen LogP) is 1.34. The topological polar surface area (TPSA) is 69.7 Å². The second kappa shape index (κ2) is 6.37. The highest BCUT2D eigenvalue weighted by Crippen LogP contribution is 2.22. The van der Waals surface area contributed by atoms with E-state index in [-0.39, 0.29) is 11.8 Å². The van der Waals surface area contributed by atoms with Crippen molar-refractivity contribution in [3.8, 4) is 0 Å². The molecule has 0 bridgehead atoms. The number of hydrogen-bond acceptors (Lipinski definition) is 5. The highest BCUT2D eigenvalue weighted by Gasteiger charge is 2.35. The third-order valence-electron chi connectivity index (χ3n) is 2.32. The summed E-state index contributed by atoms with van der Waals surface area (Å²) in [5.41, 5.74) is -0.0353. The summed E-state index contributed by atoms with van der Waals surface area (Å²) in [5.74, 6) is -3.64. The number of carbonyl (C=O) groups is 3. The summed E-state index contributed by atoms with van der Waals surface area (Å²) in [6, 6.07) is 0. The van der Waals surface area contributed by atoms with Gasteiger partial charge in [0.2, 0.25) is 5.92 Å². The van der Waals surface area contributed by atoms with E-state index in [4.69, 9.17) is 0 Å². The number of esters is 2. The van der Waals surface area contributed by atoms with Crippen LogP contribution in [0.2, 0.25) is 0 Å². The minimum absolute atomic E-state index is 0.0353. The van der Waals surface area contributed by atoms with Crippen LogP contribution in [0.15, 0.2) is 0 Å². The van der Waals surface area contributed by atoms with Gasteiger partial charge in [-0.3, -0.25) is 14.4 Å². The Balaban J connectivity index is 4.66. The summed E-state index contributed by atoms with van der Waals surface area (Å²) >= 11 is 0. The van der Waals surface area contributed by atoms with E-state index >= 15 is 0 Å². The average molecular weight is 244 g/mol. The summed E-state index contributed by atoms with van der Waals surface area (Å²) in [5, 5.41) is 0. The molecule has 0 rings (SSSR count). The minimum Gasteiger partial charge on any atom is -0.468 e. The van der Waals surface area contributed by atoms with Gasteiger partial charge < -0.3 is 9.47 Å². The van der Waals surface area contributed by atoms with E-state index in [0.29, 0.717) is 6.42 Å². The predicted molar refractivity (Wildman–Crippen MR) is 61.2 cm³/mol. The van der Waals surface area contributed by atoms with Crippen molar-refractivity contribution in [3.63, 3.8) is 0 Å². The van der Waals surface area contributed by atoms with Crippen molar-refractivity contribution in [3.05, 3.63) is 0 Å². The lowest BCUT2D eigenvalue weighted by atomic mass is 9.87. The lowest BCUT2D eigenvalue weighted by Gasteiger charge is -2.18. The number of Topliss-reactive ketones (excluding diaryl/α,β-unsaturated/α-hetero) is 1. The molecule has 0 unspecified atom stereocenters. The molecule has 0 aromatic carbocycles. The van der Waals surface area contributed by atoms with Crippen molar-refractivity contribution < 1.29 is 23.9 Å². The Bertz CT molecular complexity index is 285. The van der Waals surface area contributed by atoms with Crippen LogP contribution in [0.5, 0.6) is 0 Å². The molecule has 5 nitrogen and oxygen atoms in total. The van der Waals surface area contributed by atoms with Crippen LogP contribution in [0.1, 0.15) is 33.6 Å². The number of ketones is 1. The number of rotatable bonds is 5. The number of carbonyl (C=O) groups excluding carboxylic acids is 3. The summed E-state index contributed by atoms with van der Waals surface area (Å²) in [7, 11) is 2.27. The summed E-state index contributed by atoms with van der Waals surface area (Å²) < 4.78 is 8.86. The first kappa shape index (κ1) is 15.6. The lowest BCUT2D eigenvalue weighted by molar-refractivity contribution is -0.161. The fraction of sp³-hybridized carbons (Fsp3) is 0.750. The molecule has 0 aromatic heterocycles. The van der Waals surface area contributed by atoms with Gasteiger partial charge in [-0.15, -0.1) is 0 Å². The molecule has 0 fully saturated rings. The molecule has 0 N–H and O–H groups in total. The van der Waals surface area contributed by atoms with Crippen LogP contribution in [0.4, 0.5) is 0 Å². The van der Waals surface area contributed by atoms with Gasteiger partial charge in [-0.2, -0.15) is 0 Å². The highest BCUT2D eigenvalue weighted by molar-refractivity contribution is 6.14. The zero-order chi connectivity index (χ0) is 13.6. The van der Waals surface area contributed by atoms with E-state index in [0.717, 1.165) is 14.2 Å². The quantitative estimate of drug-likeness (QED) is 0.539. The zero-order valence-corrected chi connectivity index (χ0v) is 11.0. The van der Waals surface area contributed by atoms with Gasteiger partial charge in [-0.05, 0) is 11.8 Å². The zero-order valence-electron chi connectivity index (χ0n) is 11.0. The van der Waals surface area contributed by atoms with E-state index in [1.165, 1.54) is 0 Å². The van der Waals surface area contributed by atoms with Gasteiger partial charge in [0.15, 0.2) is 5.78 Å². The Morgan fingerprint density at radius 2 is 1.41 bits per heavy atom. The normalized spacial score (nSPS) is 11.2. The molecule has 5 heteroatoms. The van der Waals surface area contributed by atoms with Gasteiger partial charge in [0, 0.05) is 6.42 Å². The van der Waals surface area contributed by atoms with Crippen molar-refractivity contribution in [2.24, 2.45) is 11.3 Å². The molecule has 0 aliphatic carbocycles. The second-order valence-electron chi connectivity index (χ2n) is 5.01. The van der Waals surface area contributed by atoms with Gasteiger partial charge in [-0.1, -0.05) is 20.8 Å². The van der Waals surface area contributed by atoms with Crippen LogP contribution in [-0.2, 0) is 23.9 Å². The Morgan fingerprint density at radius 3 is 1.71 bits per heavy atom. The van der Waals surface area contributed by atoms with Gasteiger partial charge in [0.1, 0.15) is 0 Å². The number of methoxy groups -OCH3 is 2. The smallest absolute Gasteiger partial charge is 0.327 e. The van der Waals surface area contributed by atoms with Crippen LogP contribution < -0.4 is 0 Å². The Morgan fingerprint density at radius 1 is 1.00 bits per heavy atom.